The SMILES string of the molecule is CC(C)C(O)/C(=C/CCO)c1ccccc1. The molecular weight excluding hydrogens is 200 g/mol. The Morgan fingerprint density at radius 3 is 2.38 bits per heavy atom. The van der Waals surface area contributed by atoms with E-state index in [0.29, 0.717) is 6.42 Å². The lowest BCUT2D eigenvalue weighted by molar-refractivity contribution is 0.181. The quantitative estimate of drug-likeness (QED) is 0.800. The molecule has 0 bridgehead atoms. The van der Waals surface area contributed by atoms with E-state index in [-0.39, 0.29) is 12.5 Å². The molecule has 0 spiro atoms. The van der Waals surface area contributed by atoms with E-state index in [1.165, 1.54) is 0 Å². The minimum atomic E-state index is -0.478. The third-order valence-electron chi connectivity index (χ3n) is 2.55. The smallest absolute Gasteiger partial charge is 0.0815 e. The van der Waals surface area contributed by atoms with E-state index in [4.69, 9.17) is 5.11 Å². The van der Waals surface area contributed by atoms with E-state index < -0.39 is 6.10 Å². The van der Waals surface area contributed by atoms with Gasteiger partial charge >= 0.3 is 0 Å². The van der Waals surface area contributed by atoms with Gasteiger partial charge in [-0.2, -0.15) is 0 Å². The molecule has 0 saturated heterocycles. The Hall–Kier alpha value is -1.12. The van der Waals surface area contributed by atoms with Crippen molar-refractivity contribution in [1.29, 1.82) is 0 Å². The normalized spacial score (nSPS) is 14.2. The standard InChI is InChI=1S/C14H20O2/c1-11(2)14(16)13(9-6-10-15)12-7-4-3-5-8-12/h3-5,7-9,11,14-16H,6,10H2,1-2H3/b13-9+. The summed E-state index contributed by atoms with van der Waals surface area (Å²) in [6.45, 7) is 4.09. The van der Waals surface area contributed by atoms with Crippen LogP contribution in [0.25, 0.3) is 5.57 Å². The fourth-order valence-electron chi connectivity index (χ4n) is 1.62. The first-order valence-electron chi connectivity index (χ1n) is 5.71. The van der Waals surface area contributed by atoms with Crippen LogP contribution in [0.4, 0.5) is 0 Å². The number of aliphatic hydroxyl groups excluding tert-OH is 2. The van der Waals surface area contributed by atoms with Crippen molar-refractivity contribution >= 4 is 5.57 Å². The molecule has 0 aromatic heterocycles. The van der Waals surface area contributed by atoms with Gasteiger partial charge in [0.05, 0.1) is 6.10 Å². The van der Waals surface area contributed by atoms with Crippen molar-refractivity contribution in [3.8, 4) is 0 Å². The third-order valence-corrected chi connectivity index (χ3v) is 2.55. The van der Waals surface area contributed by atoms with Crippen molar-refractivity contribution in [2.24, 2.45) is 5.92 Å². The van der Waals surface area contributed by atoms with E-state index >= 15 is 0 Å². The summed E-state index contributed by atoms with van der Waals surface area (Å²) in [6.07, 6.45) is 2.02. The van der Waals surface area contributed by atoms with Gasteiger partial charge in [-0.25, -0.2) is 0 Å². The van der Waals surface area contributed by atoms with Crippen LogP contribution in [0.15, 0.2) is 36.4 Å². The van der Waals surface area contributed by atoms with Crippen LogP contribution in [0.3, 0.4) is 0 Å². The number of aliphatic hydroxyl groups is 2. The molecule has 0 radical (unpaired) electrons. The van der Waals surface area contributed by atoms with Crippen molar-refractivity contribution < 1.29 is 10.2 Å². The molecule has 1 unspecified atom stereocenters. The maximum Gasteiger partial charge on any atom is 0.0815 e. The monoisotopic (exact) mass is 220 g/mol. The van der Waals surface area contributed by atoms with Crippen LogP contribution in [0.1, 0.15) is 25.8 Å². The highest BCUT2D eigenvalue weighted by Crippen LogP contribution is 2.23. The fourth-order valence-corrected chi connectivity index (χ4v) is 1.62. The van der Waals surface area contributed by atoms with Crippen LogP contribution in [0.5, 0.6) is 0 Å². The molecule has 0 saturated carbocycles. The van der Waals surface area contributed by atoms with E-state index in [1.54, 1.807) is 0 Å². The van der Waals surface area contributed by atoms with Crippen LogP contribution in [-0.4, -0.2) is 22.9 Å². The highest BCUT2D eigenvalue weighted by Gasteiger charge is 2.15. The van der Waals surface area contributed by atoms with Gasteiger partial charge in [-0.1, -0.05) is 50.3 Å². The summed E-state index contributed by atoms with van der Waals surface area (Å²) in [6, 6.07) is 9.82. The van der Waals surface area contributed by atoms with Gasteiger partial charge in [0.15, 0.2) is 0 Å². The average Bonchev–Trinajstić information content (AvgIpc) is 2.30. The third kappa shape index (κ3) is 3.47. The van der Waals surface area contributed by atoms with Crippen LogP contribution < -0.4 is 0 Å². The first kappa shape index (κ1) is 12.9. The van der Waals surface area contributed by atoms with Gasteiger partial charge in [-0.3, -0.25) is 0 Å². The van der Waals surface area contributed by atoms with Crippen molar-refractivity contribution in [2.75, 3.05) is 6.61 Å². The number of hydrogen-bond acceptors (Lipinski definition) is 2. The topological polar surface area (TPSA) is 40.5 Å². The lowest BCUT2D eigenvalue weighted by atomic mass is 9.92. The second-order valence-corrected chi connectivity index (χ2v) is 4.23. The molecule has 2 nitrogen and oxygen atoms in total. The zero-order valence-electron chi connectivity index (χ0n) is 9.93. The van der Waals surface area contributed by atoms with Crippen molar-refractivity contribution in [3.63, 3.8) is 0 Å². The van der Waals surface area contributed by atoms with E-state index in [9.17, 15) is 5.11 Å². The number of hydrogen-bond donors (Lipinski definition) is 2. The van der Waals surface area contributed by atoms with Gasteiger partial charge in [-0.15, -0.1) is 0 Å². The molecular formula is C14H20O2. The molecule has 0 aliphatic heterocycles. The summed E-state index contributed by atoms with van der Waals surface area (Å²) >= 11 is 0. The predicted molar refractivity (Wildman–Crippen MR) is 67.0 cm³/mol. The summed E-state index contributed by atoms with van der Waals surface area (Å²) < 4.78 is 0. The second kappa shape index (κ2) is 6.46. The van der Waals surface area contributed by atoms with Gasteiger partial charge in [-0.05, 0) is 23.5 Å². The lowest BCUT2D eigenvalue weighted by Crippen LogP contribution is -2.16. The van der Waals surface area contributed by atoms with E-state index in [0.717, 1.165) is 11.1 Å². The minimum Gasteiger partial charge on any atom is -0.396 e. The molecule has 0 amide bonds. The first-order chi connectivity index (χ1) is 7.66. The summed E-state index contributed by atoms with van der Waals surface area (Å²) in [5.41, 5.74) is 1.93. The molecule has 88 valence electrons. The fraction of sp³-hybridized carbons (Fsp3) is 0.429. The minimum absolute atomic E-state index is 0.112. The summed E-state index contributed by atoms with van der Waals surface area (Å²) in [5.74, 6) is 0.171. The molecule has 2 N–H and O–H groups in total. The Morgan fingerprint density at radius 1 is 1.25 bits per heavy atom. The summed E-state index contributed by atoms with van der Waals surface area (Å²) in [4.78, 5) is 0. The predicted octanol–water partition coefficient (Wildman–Crippen LogP) is 2.47. The van der Waals surface area contributed by atoms with Crippen molar-refractivity contribution in [1.82, 2.24) is 0 Å². The molecule has 0 aliphatic carbocycles. The Balaban J connectivity index is 2.97. The number of benzene rings is 1. The molecule has 1 rings (SSSR count). The Labute approximate surface area is 97.2 Å². The molecule has 1 aromatic rings. The van der Waals surface area contributed by atoms with Crippen LogP contribution in [-0.2, 0) is 0 Å². The lowest BCUT2D eigenvalue weighted by Gasteiger charge is -2.19. The Morgan fingerprint density at radius 2 is 1.88 bits per heavy atom. The molecule has 1 aromatic carbocycles. The molecule has 2 heteroatoms. The van der Waals surface area contributed by atoms with E-state index in [1.807, 2.05) is 50.3 Å². The maximum atomic E-state index is 10.1. The second-order valence-electron chi connectivity index (χ2n) is 4.23. The molecule has 0 heterocycles. The zero-order valence-corrected chi connectivity index (χ0v) is 9.93. The van der Waals surface area contributed by atoms with E-state index in [2.05, 4.69) is 0 Å². The molecule has 1 atom stereocenters. The van der Waals surface area contributed by atoms with Crippen molar-refractivity contribution in [2.45, 2.75) is 26.4 Å². The Kier molecular flexibility index (Phi) is 5.23. The maximum absolute atomic E-state index is 10.1. The first-order valence-corrected chi connectivity index (χ1v) is 5.71. The largest absolute Gasteiger partial charge is 0.396 e. The van der Waals surface area contributed by atoms with Gasteiger partial charge in [0.25, 0.3) is 0 Å². The molecule has 0 aliphatic rings. The van der Waals surface area contributed by atoms with Crippen LogP contribution in [0.2, 0.25) is 0 Å². The summed E-state index contributed by atoms with van der Waals surface area (Å²) in [7, 11) is 0. The van der Waals surface area contributed by atoms with Crippen LogP contribution >= 0.6 is 0 Å². The highest BCUT2D eigenvalue weighted by molar-refractivity contribution is 5.68. The van der Waals surface area contributed by atoms with Crippen LogP contribution in [0, 0.1) is 5.92 Å². The van der Waals surface area contributed by atoms with Gasteiger partial charge in [0.2, 0.25) is 0 Å². The average molecular weight is 220 g/mol. The Bertz CT molecular complexity index is 328. The summed E-state index contributed by atoms with van der Waals surface area (Å²) in [5, 5.41) is 19.0. The molecule has 16 heavy (non-hydrogen) atoms. The molecule has 0 fully saturated rings. The van der Waals surface area contributed by atoms with Gasteiger partial charge < -0.3 is 10.2 Å². The van der Waals surface area contributed by atoms with Gasteiger partial charge in [0.1, 0.15) is 0 Å². The number of rotatable bonds is 5. The highest BCUT2D eigenvalue weighted by atomic mass is 16.3. The zero-order chi connectivity index (χ0) is 12.0. The van der Waals surface area contributed by atoms with Gasteiger partial charge in [0, 0.05) is 6.61 Å². The van der Waals surface area contributed by atoms with Crippen molar-refractivity contribution in [3.05, 3.63) is 42.0 Å².